The molecule has 1 saturated carbocycles. The van der Waals surface area contributed by atoms with Crippen molar-refractivity contribution in [1.82, 2.24) is 9.03 Å². The van der Waals surface area contributed by atoms with Gasteiger partial charge in [0, 0.05) is 36.3 Å². The molecule has 2 unspecified atom stereocenters. The van der Waals surface area contributed by atoms with Gasteiger partial charge in [0.2, 0.25) is 0 Å². The van der Waals surface area contributed by atoms with Crippen LogP contribution in [0.1, 0.15) is 31.2 Å². The van der Waals surface area contributed by atoms with Crippen LogP contribution in [0.15, 0.2) is 18.2 Å². The molecule has 1 aromatic carbocycles. The standard InChI is InChI=1S/C14H21ClFN3O2S/c1-19(9-12-13(15)6-3-7-14(12)16)22(20,21)18-11-5-2-4-10(17)8-11/h3,6-7,10-11,18H,2,4-5,8-9,17H2,1H3. The normalized spacial score (nSPS) is 23.0. The minimum Gasteiger partial charge on any atom is -0.328 e. The fraction of sp³-hybridized carbons (Fsp3) is 0.571. The Kier molecular flexibility index (Phi) is 5.79. The van der Waals surface area contributed by atoms with Gasteiger partial charge < -0.3 is 5.73 Å². The smallest absolute Gasteiger partial charge is 0.279 e. The molecule has 0 spiro atoms. The van der Waals surface area contributed by atoms with E-state index in [-0.39, 0.29) is 29.2 Å². The Balaban J connectivity index is 2.05. The van der Waals surface area contributed by atoms with Gasteiger partial charge in [-0.05, 0) is 31.4 Å². The van der Waals surface area contributed by atoms with E-state index >= 15 is 0 Å². The first-order valence-corrected chi connectivity index (χ1v) is 9.03. The molecule has 1 aliphatic carbocycles. The number of benzene rings is 1. The molecule has 5 nitrogen and oxygen atoms in total. The Hall–Kier alpha value is -0.730. The van der Waals surface area contributed by atoms with E-state index in [1.165, 1.54) is 25.2 Å². The van der Waals surface area contributed by atoms with Crippen molar-refractivity contribution < 1.29 is 12.8 Å². The number of nitrogens with zero attached hydrogens (tertiary/aromatic N) is 1. The van der Waals surface area contributed by atoms with Gasteiger partial charge in [0.1, 0.15) is 5.82 Å². The van der Waals surface area contributed by atoms with Crippen molar-refractivity contribution in [1.29, 1.82) is 0 Å². The monoisotopic (exact) mass is 349 g/mol. The zero-order chi connectivity index (χ0) is 16.3. The molecule has 1 fully saturated rings. The van der Waals surface area contributed by atoms with Crippen LogP contribution in [-0.4, -0.2) is 31.9 Å². The van der Waals surface area contributed by atoms with Gasteiger partial charge in [0.25, 0.3) is 10.2 Å². The summed E-state index contributed by atoms with van der Waals surface area (Å²) in [7, 11) is -2.32. The Morgan fingerprint density at radius 3 is 2.82 bits per heavy atom. The second kappa shape index (κ2) is 7.23. The topological polar surface area (TPSA) is 75.4 Å². The molecule has 2 atom stereocenters. The van der Waals surface area contributed by atoms with Crippen molar-refractivity contribution in [2.75, 3.05) is 7.05 Å². The molecule has 0 bridgehead atoms. The maximum atomic E-state index is 13.8. The van der Waals surface area contributed by atoms with Crippen molar-refractivity contribution in [2.24, 2.45) is 5.73 Å². The van der Waals surface area contributed by atoms with Crippen molar-refractivity contribution in [3.05, 3.63) is 34.6 Å². The molecule has 0 aliphatic heterocycles. The third-order valence-corrected chi connectivity index (χ3v) is 5.82. The van der Waals surface area contributed by atoms with Gasteiger partial charge in [0.05, 0.1) is 0 Å². The minimum absolute atomic E-state index is 0.0211. The SMILES string of the molecule is CN(Cc1c(F)cccc1Cl)S(=O)(=O)NC1CCCC(N)C1. The number of halogens is 2. The molecule has 0 radical (unpaired) electrons. The van der Waals surface area contributed by atoms with Gasteiger partial charge in [-0.15, -0.1) is 0 Å². The maximum absolute atomic E-state index is 13.8. The Bertz CT molecular complexity index is 606. The van der Waals surface area contributed by atoms with Crippen LogP contribution in [0.5, 0.6) is 0 Å². The van der Waals surface area contributed by atoms with Crippen LogP contribution >= 0.6 is 11.6 Å². The quantitative estimate of drug-likeness (QED) is 0.853. The Morgan fingerprint density at radius 1 is 1.45 bits per heavy atom. The molecular formula is C14H21ClFN3O2S. The summed E-state index contributed by atoms with van der Waals surface area (Å²) in [5.41, 5.74) is 6.03. The molecular weight excluding hydrogens is 329 g/mol. The van der Waals surface area contributed by atoms with Gasteiger partial charge in [-0.2, -0.15) is 17.4 Å². The molecule has 8 heteroatoms. The summed E-state index contributed by atoms with van der Waals surface area (Å²) in [6, 6.07) is 4.13. The van der Waals surface area contributed by atoms with Crippen LogP contribution in [0.25, 0.3) is 0 Å². The predicted molar refractivity (Wildman–Crippen MR) is 85.2 cm³/mol. The molecule has 2 rings (SSSR count). The average molecular weight is 350 g/mol. The van der Waals surface area contributed by atoms with E-state index in [1.807, 2.05) is 0 Å². The fourth-order valence-electron chi connectivity index (χ4n) is 2.63. The average Bonchev–Trinajstić information content (AvgIpc) is 2.42. The van der Waals surface area contributed by atoms with E-state index in [9.17, 15) is 12.8 Å². The maximum Gasteiger partial charge on any atom is 0.279 e. The summed E-state index contributed by atoms with van der Waals surface area (Å²) in [4.78, 5) is 0. The molecule has 0 heterocycles. The summed E-state index contributed by atoms with van der Waals surface area (Å²) < 4.78 is 42.2. The van der Waals surface area contributed by atoms with Gasteiger partial charge >= 0.3 is 0 Å². The molecule has 124 valence electrons. The lowest BCUT2D eigenvalue weighted by Gasteiger charge is -2.29. The Morgan fingerprint density at radius 2 is 2.18 bits per heavy atom. The first kappa shape index (κ1) is 17.6. The van der Waals surface area contributed by atoms with Crippen molar-refractivity contribution in [3.63, 3.8) is 0 Å². The van der Waals surface area contributed by atoms with Crippen LogP contribution in [0.3, 0.4) is 0 Å². The molecule has 0 saturated heterocycles. The number of rotatable bonds is 5. The second-order valence-corrected chi connectivity index (χ2v) is 7.92. The first-order chi connectivity index (χ1) is 10.3. The fourth-order valence-corrected chi connectivity index (χ4v) is 3.96. The van der Waals surface area contributed by atoms with Gasteiger partial charge in [0.15, 0.2) is 0 Å². The molecule has 22 heavy (non-hydrogen) atoms. The predicted octanol–water partition coefficient (Wildman–Crippen LogP) is 2.02. The molecule has 3 N–H and O–H groups in total. The first-order valence-electron chi connectivity index (χ1n) is 7.21. The summed E-state index contributed by atoms with van der Waals surface area (Å²) >= 11 is 5.94. The van der Waals surface area contributed by atoms with Gasteiger partial charge in [-0.3, -0.25) is 0 Å². The lowest BCUT2D eigenvalue weighted by Crippen LogP contribution is -2.47. The highest BCUT2D eigenvalue weighted by molar-refractivity contribution is 7.87. The summed E-state index contributed by atoms with van der Waals surface area (Å²) in [5.74, 6) is -0.519. The van der Waals surface area contributed by atoms with E-state index in [4.69, 9.17) is 17.3 Å². The highest BCUT2D eigenvalue weighted by atomic mass is 35.5. The number of nitrogens with one attached hydrogen (secondary N) is 1. The zero-order valence-electron chi connectivity index (χ0n) is 12.4. The van der Waals surface area contributed by atoms with Gasteiger partial charge in [-0.1, -0.05) is 24.1 Å². The van der Waals surface area contributed by atoms with Crippen LogP contribution in [-0.2, 0) is 16.8 Å². The molecule has 0 amide bonds. The van der Waals surface area contributed by atoms with Crippen LogP contribution < -0.4 is 10.5 Å². The van der Waals surface area contributed by atoms with Crippen LogP contribution in [0.2, 0.25) is 5.02 Å². The Labute approximate surface area is 135 Å². The van der Waals surface area contributed by atoms with E-state index in [2.05, 4.69) is 4.72 Å². The van der Waals surface area contributed by atoms with Crippen molar-refractivity contribution in [2.45, 2.75) is 44.3 Å². The number of hydrogen-bond acceptors (Lipinski definition) is 3. The molecule has 1 aliphatic rings. The summed E-state index contributed by atoms with van der Waals surface area (Å²) in [5, 5.41) is 0.210. The van der Waals surface area contributed by atoms with E-state index in [0.29, 0.717) is 6.42 Å². The number of nitrogens with two attached hydrogens (primary N) is 1. The largest absolute Gasteiger partial charge is 0.328 e. The van der Waals surface area contributed by atoms with E-state index in [1.54, 1.807) is 0 Å². The third kappa shape index (κ3) is 4.39. The molecule has 1 aromatic rings. The van der Waals surface area contributed by atoms with E-state index < -0.39 is 16.0 Å². The van der Waals surface area contributed by atoms with Crippen LogP contribution in [0, 0.1) is 5.82 Å². The lowest BCUT2D eigenvalue weighted by atomic mass is 9.92. The summed E-state index contributed by atoms with van der Waals surface area (Å²) in [6.07, 6.45) is 3.20. The van der Waals surface area contributed by atoms with Crippen LogP contribution in [0.4, 0.5) is 4.39 Å². The van der Waals surface area contributed by atoms with Crippen molar-refractivity contribution in [3.8, 4) is 0 Å². The zero-order valence-corrected chi connectivity index (χ0v) is 14.0. The highest BCUT2D eigenvalue weighted by Gasteiger charge is 2.27. The summed E-state index contributed by atoms with van der Waals surface area (Å²) in [6.45, 7) is -0.125. The highest BCUT2D eigenvalue weighted by Crippen LogP contribution is 2.22. The second-order valence-electron chi connectivity index (χ2n) is 5.70. The minimum atomic E-state index is -3.71. The van der Waals surface area contributed by atoms with E-state index in [0.717, 1.165) is 23.6 Å². The third-order valence-electron chi connectivity index (χ3n) is 3.88. The van der Waals surface area contributed by atoms with Crippen molar-refractivity contribution >= 4 is 21.8 Å². The molecule has 0 aromatic heterocycles. The van der Waals surface area contributed by atoms with Gasteiger partial charge in [-0.25, -0.2) is 4.39 Å². The lowest BCUT2D eigenvalue weighted by molar-refractivity contribution is 0.358. The number of hydrogen-bond donors (Lipinski definition) is 2.